The van der Waals surface area contributed by atoms with Crippen LogP contribution >= 0.6 is 34.7 Å². The van der Waals surface area contributed by atoms with Crippen molar-refractivity contribution in [3.8, 4) is 11.5 Å². The third kappa shape index (κ3) is 5.19. The Morgan fingerprint density at radius 2 is 1.65 bits per heavy atom. The monoisotopic (exact) mass is 639 g/mol. The van der Waals surface area contributed by atoms with E-state index in [0.717, 1.165) is 28.0 Å². The molecular weight excluding hydrogens is 617 g/mol. The standard InChI is InChI=1S/C30H23ClFN3O6S2/c1-40-20-12-3-15(13-21(20)41-2)23-24-25(28(38)35(27(24)37)19-10-4-16(31)5-11-19)42-29-26(23)43-30(39)34(29)14-22(36)33-18-8-6-17(32)7-9-18/h3-13,23-25H,14H2,1-2H3,(H,33,36)/t23-,24+,25-/m0/s1. The lowest BCUT2D eigenvalue weighted by Crippen LogP contribution is -2.33. The summed E-state index contributed by atoms with van der Waals surface area (Å²) < 4.78 is 25.5. The number of carbonyl (C=O) groups excluding carboxylic acids is 3. The molecule has 4 aromatic rings. The maximum absolute atomic E-state index is 14.0. The number of anilines is 2. The van der Waals surface area contributed by atoms with Gasteiger partial charge in [0.2, 0.25) is 17.7 Å². The van der Waals surface area contributed by atoms with Gasteiger partial charge in [0.05, 0.1) is 30.9 Å². The molecule has 1 fully saturated rings. The van der Waals surface area contributed by atoms with Crippen LogP contribution in [-0.4, -0.2) is 41.8 Å². The van der Waals surface area contributed by atoms with Gasteiger partial charge in [-0.1, -0.05) is 40.8 Å². The van der Waals surface area contributed by atoms with Gasteiger partial charge in [-0.05, 0) is 66.2 Å². The van der Waals surface area contributed by atoms with E-state index in [9.17, 15) is 23.6 Å². The van der Waals surface area contributed by atoms with E-state index in [1.807, 2.05) is 0 Å². The minimum Gasteiger partial charge on any atom is -0.493 e. The molecule has 0 bridgehead atoms. The summed E-state index contributed by atoms with van der Waals surface area (Å²) in [5, 5.41) is 2.70. The molecule has 43 heavy (non-hydrogen) atoms. The Kier molecular flexibility index (Phi) is 7.75. The van der Waals surface area contributed by atoms with E-state index in [4.69, 9.17) is 21.1 Å². The third-order valence-corrected chi connectivity index (χ3v) is 10.2. The smallest absolute Gasteiger partial charge is 0.308 e. The SMILES string of the molecule is COc1ccc([C@@H]2c3sc(=O)n(CC(=O)Nc4ccc(F)cc4)c3S[C@@H]3C(=O)N(c4ccc(Cl)cc4)C(=O)[C@H]23)cc1OC. The number of thioether (sulfide) groups is 1. The van der Waals surface area contributed by atoms with Crippen LogP contribution < -0.4 is 24.6 Å². The number of hydrogen-bond acceptors (Lipinski definition) is 8. The second-order valence-corrected chi connectivity index (χ2v) is 12.4. The van der Waals surface area contributed by atoms with Crippen molar-refractivity contribution in [3.05, 3.63) is 97.7 Å². The number of carbonyl (C=O) groups is 3. The molecule has 3 amide bonds. The van der Waals surface area contributed by atoms with Crippen LogP contribution in [-0.2, 0) is 20.9 Å². The Balaban J connectivity index is 1.43. The van der Waals surface area contributed by atoms with E-state index >= 15 is 0 Å². The first-order valence-electron chi connectivity index (χ1n) is 13.0. The molecule has 1 saturated heterocycles. The molecule has 220 valence electrons. The molecule has 9 nitrogen and oxygen atoms in total. The minimum absolute atomic E-state index is 0.339. The van der Waals surface area contributed by atoms with Crippen LogP contribution in [0.4, 0.5) is 15.8 Å². The van der Waals surface area contributed by atoms with Crippen molar-refractivity contribution in [2.24, 2.45) is 5.92 Å². The predicted molar refractivity (Wildman–Crippen MR) is 162 cm³/mol. The number of amides is 3. The quantitative estimate of drug-likeness (QED) is 0.279. The summed E-state index contributed by atoms with van der Waals surface area (Å²) in [6.07, 6.45) is 0. The second-order valence-electron chi connectivity index (χ2n) is 9.82. The van der Waals surface area contributed by atoms with Gasteiger partial charge in [0, 0.05) is 21.5 Å². The van der Waals surface area contributed by atoms with Crippen LogP contribution in [0.15, 0.2) is 76.6 Å². The summed E-state index contributed by atoms with van der Waals surface area (Å²) in [5.41, 5.74) is 1.41. The Morgan fingerprint density at radius 1 is 0.953 bits per heavy atom. The first-order valence-corrected chi connectivity index (χ1v) is 15.1. The van der Waals surface area contributed by atoms with Crippen molar-refractivity contribution in [2.45, 2.75) is 22.7 Å². The molecule has 2 aliphatic heterocycles. The van der Waals surface area contributed by atoms with Gasteiger partial charge in [-0.25, -0.2) is 9.29 Å². The predicted octanol–water partition coefficient (Wildman–Crippen LogP) is 5.15. The number of thiazole rings is 1. The molecule has 13 heteroatoms. The summed E-state index contributed by atoms with van der Waals surface area (Å²) in [6, 6.07) is 16.9. The van der Waals surface area contributed by atoms with Gasteiger partial charge >= 0.3 is 4.87 Å². The van der Waals surface area contributed by atoms with Gasteiger partial charge in [-0.3, -0.25) is 23.7 Å². The number of benzene rings is 3. The molecule has 0 unspecified atom stereocenters. The van der Waals surface area contributed by atoms with Crippen LogP contribution in [0.5, 0.6) is 11.5 Å². The molecule has 3 atom stereocenters. The van der Waals surface area contributed by atoms with Crippen molar-refractivity contribution in [1.29, 1.82) is 0 Å². The Morgan fingerprint density at radius 3 is 2.33 bits per heavy atom. The fraction of sp³-hybridized carbons (Fsp3) is 0.200. The van der Waals surface area contributed by atoms with E-state index in [2.05, 4.69) is 5.32 Å². The van der Waals surface area contributed by atoms with E-state index in [1.165, 1.54) is 43.1 Å². The summed E-state index contributed by atoms with van der Waals surface area (Å²) in [4.78, 5) is 55.5. The molecule has 0 aliphatic carbocycles. The maximum atomic E-state index is 14.0. The molecule has 3 aromatic carbocycles. The highest BCUT2D eigenvalue weighted by Crippen LogP contribution is 2.54. The largest absolute Gasteiger partial charge is 0.493 e. The molecule has 0 spiro atoms. The van der Waals surface area contributed by atoms with Gasteiger partial charge in [0.15, 0.2) is 11.5 Å². The zero-order valence-corrected chi connectivity index (χ0v) is 25.1. The topological polar surface area (TPSA) is 107 Å². The fourth-order valence-electron chi connectivity index (χ4n) is 5.38. The number of nitrogens with zero attached hydrogens (tertiary/aromatic N) is 2. The summed E-state index contributed by atoms with van der Waals surface area (Å²) in [7, 11) is 3.00. The van der Waals surface area contributed by atoms with Crippen molar-refractivity contribution in [2.75, 3.05) is 24.4 Å². The first kappa shape index (κ1) is 29.0. The number of hydrogen-bond donors (Lipinski definition) is 1. The van der Waals surface area contributed by atoms with Crippen molar-refractivity contribution >= 4 is 63.8 Å². The highest BCUT2D eigenvalue weighted by atomic mass is 35.5. The third-order valence-electron chi connectivity index (χ3n) is 7.33. The first-order chi connectivity index (χ1) is 20.7. The maximum Gasteiger partial charge on any atom is 0.308 e. The van der Waals surface area contributed by atoms with Crippen molar-refractivity contribution < 1.29 is 28.2 Å². The average molecular weight is 640 g/mol. The fourth-order valence-corrected chi connectivity index (χ4v) is 8.28. The van der Waals surface area contributed by atoms with Crippen LogP contribution in [0.1, 0.15) is 16.4 Å². The number of fused-ring (bicyclic) bond motifs is 2. The Hall–Kier alpha value is -4.13. The van der Waals surface area contributed by atoms with Crippen LogP contribution in [0.25, 0.3) is 0 Å². The molecule has 0 saturated carbocycles. The van der Waals surface area contributed by atoms with Gasteiger partial charge in [0.25, 0.3) is 0 Å². The number of halogens is 2. The number of methoxy groups -OCH3 is 2. The van der Waals surface area contributed by atoms with Crippen LogP contribution in [0.2, 0.25) is 5.02 Å². The van der Waals surface area contributed by atoms with E-state index in [0.29, 0.717) is 43.4 Å². The molecule has 0 radical (unpaired) electrons. The number of ether oxygens (including phenoxy) is 2. The number of nitrogens with one attached hydrogen (secondary N) is 1. The summed E-state index contributed by atoms with van der Waals surface area (Å²) in [6.45, 7) is -0.339. The zero-order chi connectivity index (χ0) is 30.4. The average Bonchev–Trinajstić information content (AvgIpc) is 3.44. The lowest BCUT2D eigenvalue weighted by atomic mass is 9.83. The van der Waals surface area contributed by atoms with Crippen molar-refractivity contribution in [1.82, 2.24) is 4.57 Å². The molecule has 2 aliphatic rings. The summed E-state index contributed by atoms with van der Waals surface area (Å²) >= 11 is 8.09. The van der Waals surface area contributed by atoms with E-state index < -0.39 is 45.5 Å². The number of aromatic nitrogens is 1. The second kappa shape index (κ2) is 11.5. The van der Waals surface area contributed by atoms with Gasteiger partial charge in [-0.2, -0.15) is 0 Å². The lowest BCUT2D eigenvalue weighted by Gasteiger charge is -2.31. The minimum atomic E-state index is -0.866. The molecule has 1 N–H and O–H groups in total. The molecular formula is C30H23ClFN3O6S2. The van der Waals surface area contributed by atoms with Crippen molar-refractivity contribution in [3.63, 3.8) is 0 Å². The molecule has 3 heterocycles. The summed E-state index contributed by atoms with van der Waals surface area (Å²) in [5.74, 6) is -2.41. The zero-order valence-electron chi connectivity index (χ0n) is 22.7. The van der Waals surface area contributed by atoms with E-state index in [-0.39, 0.29) is 6.54 Å². The van der Waals surface area contributed by atoms with Gasteiger partial charge in [0.1, 0.15) is 17.6 Å². The normalized spacial score (nSPS) is 19.2. The number of rotatable bonds is 7. The van der Waals surface area contributed by atoms with Gasteiger partial charge < -0.3 is 14.8 Å². The van der Waals surface area contributed by atoms with Gasteiger partial charge in [-0.15, -0.1) is 0 Å². The Bertz CT molecular complexity index is 1810. The molecule has 6 rings (SSSR count). The number of imide groups is 1. The highest BCUT2D eigenvalue weighted by molar-refractivity contribution is 8.00. The highest BCUT2D eigenvalue weighted by Gasteiger charge is 2.57. The van der Waals surface area contributed by atoms with Crippen LogP contribution in [0, 0.1) is 11.7 Å². The van der Waals surface area contributed by atoms with E-state index in [1.54, 1.807) is 42.5 Å². The Labute approximate surface area is 258 Å². The van der Waals surface area contributed by atoms with Crippen LogP contribution in [0.3, 0.4) is 0 Å². The molecule has 1 aromatic heterocycles. The lowest BCUT2D eigenvalue weighted by molar-refractivity contribution is -0.122.